The number of amides is 2. The molecule has 0 fully saturated rings. The van der Waals surface area contributed by atoms with Crippen LogP contribution >= 0.6 is 50.9 Å². The number of nitrogens with one attached hydrogen (secondary N) is 2. The van der Waals surface area contributed by atoms with Crippen molar-refractivity contribution in [3.8, 4) is 0 Å². The van der Waals surface area contributed by atoms with Crippen LogP contribution in [0.1, 0.15) is 18.3 Å². The number of nitrogens with zero attached hydrogens (tertiary/aromatic N) is 3. The molecule has 7 nitrogen and oxygen atoms in total. The maximum Gasteiger partial charge on any atom is 0.234 e. The number of thioether (sulfide) groups is 1. The third-order valence-corrected chi connectivity index (χ3v) is 6.63. The van der Waals surface area contributed by atoms with Gasteiger partial charge in [0.05, 0.1) is 22.2 Å². The predicted octanol–water partition coefficient (Wildman–Crippen LogP) is 5.59. The molecule has 0 atom stereocenters. The quantitative estimate of drug-likeness (QED) is 0.353. The molecule has 0 bridgehead atoms. The van der Waals surface area contributed by atoms with E-state index in [9.17, 15) is 9.59 Å². The zero-order valence-corrected chi connectivity index (χ0v) is 21.2. The van der Waals surface area contributed by atoms with Crippen LogP contribution in [0, 0.1) is 6.92 Å². The lowest BCUT2D eigenvalue weighted by Crippen LogP contribution is -2.18. The molecule has 1 heterocycles. The van der Waals surface area contributed by atoms with Gasteiger partial charge in [-0.1, -0.05) is 50.9 Å². The van der Waals surface area contributed by atoms with Crippen LogP contribution in [0.2, 0.25) is 10.0 Å². The Hall–Kier alpha value is -2.07. The first-order chi connectivity index (χ1) is 15.3. The summed E-state index contributed by atoms with van der Waals surface area (Å²) in [6.07, 6.45) is 0.0337. The van der Waals surface area contributed by atoms with Crippen molar-refractivity contribution in [2.45, 2.75) is 32.0 Å². The fraction of sp³-hybridized carbons (Fsp3) is 0.238. The van der Waals surface area contributed by atoms with Gasteiger partial charge in [0.2, 0.25) is 11.8 Å². The third kappa shape index (κ3) is 6.48. The van der Waals surface area contributed by atoms with E-state index < -0.39 is 0 Å². The normalized spacial score (nSPS) is 10.8. The number of hydrogen-bond donors (Lipinski definition) is 2. The van der Waals surface area contributed by atoms with Gasteiger partial charge in [0, 0.05) is 22.4 Å². The fourth-order valence-electron chi connectivity index (χ4n) is 2.88. The van der Waals surface area contributed by atoms with E-state index in [1.807, 2.05) is 36.6 Å². The number of aromatic nitrogens is 3. The standard InChI is InChI=1S/C21H20BrCl2N5O2S/c1-3-29-18(10-19(30)25-14-5-6-15(23)16(24)9-14)27-28-21(29)32-11-20(31)26-17-7-4-13(22)8-12(17)2/h4-9H,3,10-11H2,1-2H3,(H,25,30)(H,26,31). The Labute approximate surface area is 208 Å². The summed E-state index contributed by atoms with van der Waals surface area (Å²) >= 11 is 16.6. The molecule has 0 aliphatic heterocycles. The number of rotatable bonds is 8. The summed E-state index contributed by atoms with van der Waals surface area (Å²) in [4.78, 5) is 24.8. The number of carbonyl (C=O) groups excluding carboxylic acids is 2. The van der Waals surface area contributed by atoms with Crippen LogP contribution in [0.5, 0.6) is 0 Å². The highest BCUT2D eigenvalue weighted by molar-refractivity contribution is 9.10. The number of carbonyl (C=O) groups is 2. The van der Waals surface area contributed by atoms with E-state index >= 15 is 0 Å². The van der Waals surface area contributed by atoms with E-state index in [2.05, 4.69) is 36.8 Å². The molecule has 3 rings (SSSR count). The number of halogens is 3. The average molecular weight is 557 g/mol. The van der Waals surface area contributed by atoms with Gasteiger partial charge in [-0.15, -0.1) is 10.2 Å². The first-order valence-corrected chi connectivity index (χ1v) is 12.2. The Morgan fingerprint density at radius 3 is 2.53 bits per heavy atom. The summed E-state index contributed by atoms with van der Waals surface area (Å²) in [5.41, 5.74) is 2.27. The van der Waals surface area contributed by atoms with Crippen molar-refractivity contribution >= 4 is 74.1 Å². The Bertz CT molecular complexity index is 1160. The summed E-state index contributed by atoms with van der Waals surface area (Å²) in [5.74, 6) is 0.274. The Balaban J connectivity index is 1.59. The molecule has 0 saturated carbocycles. The van der Waals surface area contributed by atoms with Gasteiger partial charge >= 0.3 is 0 Å². The van der Waals surface area contributed by atoms with Crippen LogP contribution < -0.4 is 10.6 Å². The van der Waals surface area contributed by atoms with Gasteiger partial charge in [0.15, 0.2) is 5.16 Å². The molecule has 2 amide bonds. The molecular formula is C21H20BrCl2N5O2S. The van der Waals surface area contributed by atoms with E-state index in [0.717, 1.165) is 15.7 Å². The van der Waals surface area contributed by atoms with Crippen LogP contribution in [-0.4, -0.2) is 32.3 Å². The van der Waals surface area contributed by atoms with E-state index in [1.54, 1.807) is 18.2 Å². The third-order valence-electron chi connectivity index (χ3n) is 4.43. The van der Waals surface area contributed by atoms with Gasteiger partial charge < -0.3 is 15.2 Å². The highest BCUT2D eigenvalue weighted by Gasteiger charge is 2.16. The summed E-state index contributed by atoms with van der Waals surface area (Å²) in [7, 11) is 0. The van der Waals surface area contributed by atoms with Crippen molar-refractivity contribution in [2.24, 2.45) is 0 Å². The number of hydrogen-bond acceptors (Lipinski definition) is 5. The monoisotopic (exact) mass is 555 g/mol. The van der Waals surface area contributed by atoms with Crippen molar-refractivity contribution < 1.29 is 9.59 Å². The second kappa shape index (κ2) is 11.2. The minimum atomic E-state index is -0.259. The lowest BCUT2D eigenvalue weighted by Gasteiger charge is -2.10. The summed E-state index contributed by atoms with van der Waals surface area (Å²) in [6, 6.07) is 10.5. The molecule has 0 aliphatic rings. The minimum absolute atomic E-state index is 0.0337. The zero-order chi connectivity index (χ0) is 23.3. The van der Waals surface area contributed by atoms with E-state index in [0.29, 0.717) is 33.3 Å². The zero-order valence-electron chi connectivity index (χ0n) is 17.3. The Morgan fingerprint density at radius 1 is 1.06 bits per heavy atom. The molecular weight excluding hydrogens is 537 g/mol. The molecule has 2 N–H and O–H groups in total. The molecule has 1 aromatic heterocycles. The summed E-state index contributed by atoms with van der Waals surface area (Å²) < 4.78 is 2.77. The van der Waals surface area contributed by atoms with Crippen LogP contribution in [0.25, 0.3) is 0 Å². The van der Waals surface area contributed by atoms with Gasteiger partial charge in [0.1, 0.15) is 5.82 Å². The minimum Gasteiger partial charge on any atom is -0.326 e. The maximum atomic E-state index is 12.4. The highest BCUT2D eigenvalue weighted by Crippen LogP contribution is 2.25. The predicted molar refractivity (Wildman–Crippen MR) is 133 cm³/mol. The van der Waals surface area contributed by atoms with Crippen molar-refractivity contribution in [3.05, 3.63) is 62.3 Å². The van der Waals surface area contributed by atoms with Crippen LogP contribution in [0.4, 0.5) is 11.4 Å². The smallest absolute Gasteiger partial charge is 0.234 e. The van der Waals surface area contributed by atoms with Gasteiger partial charge in [-0.05, 0) is 55.8 Å². The van der Waals surface area contributed by atoms with Crippen LogP contribution in [0.15, 0.2) is 46.0 Å². The Morgan fingerprint density at radius 2 is 1.84 bits per heavy atom. The summed E-state index contributed by atoms with van der Waals surface area (Å²) in [6.45, 7) is 4.42. The van der Waals surface area contributed by atoms with Crippen molar-refractivity contribution in [2.75, 3.05) is 16.4 Å². The molecule has 0 aliphatic carbocycles. The second-order valence-electron chi connectivity index (χ2n) is 6.79. The van der Waals surface area contributed by atoms with Crippen LogP contribution in [-0.2, 0) is 22.6 Å². The molecule has 3 aromatic rings. The van der Waals surface area contributed by atoms with Gasteiger partial charge in [-0.2, -0.15) is 0 Å². The topological polar surface area (TPSA) is 88.9 Å². The second-order valence-corrected chi connectivity index (χ2v) is 9.47. The van der Waals surface area contributed by atoms with Crippen molar-refractivity contribution in [1.29, 1.82) is 0 Å². The van der Waals surface area contributed by atoms with Gasteiger partial charge in [-0.3, -0.25) is 9.59 Å². The molecule has 32 heavy (non-hydrogen) atoms. The molecule has 0 spiro atoms. The molecule has 11 heteroatoms. The average Bonchev–Trinajstić information content (AvgIpc) is 3.12. The van der Waals surface area contributed by atoms with Gasteiger partial charge in [-0.25, -0.2) is 0 Å². The fourth-order valence-corrected chi connectivity index (χ4v) is 4.48. The van der Waals surface area contributed by atoms with E-state index in [-0.39, 0.29) is 24.0 Å². The van der Waals surface area contributed by atoms with E-state index in [1.165, 1.54) is 11.8 Å². The Kier molecular flexibility index (Phi) is 8.58. The lowest BCUT2D eigenvalue weighted by atomic mass is 10.2. The largest absolute Gasteiger partial charge is 0.326 e. The molecule has 0 saturated heterocycles. The number of benzene rings is 2. The highest BCUT2D eigenvalue weighted by atomic mass is 79.9. The number of aryl methyl sites for hydroxylation is 1. The molecule has 2 aromatic carbocycles. The number of anilines is 2. The summed E-state index contributed by atoms with van der Waals surface area (Å²) in [5, 5.41) is 15.3. The SMILES string of the molecule is CCn1c(CC(=O)Nc2ccc(Cl)c(Cl)c2)nnc1SCC(=O)Nc1ccc(Br)cc1C. The van der Waals surface area contributed by atoms with Crippen molar-refractivity contribution in [3.63, 3.8) is 0 Å². The van der Waals surface area contributed by atoms with E-state index in [4.69, 9.17) is 23.2 Å². The van der Waals surface area contributed by atoms with Crippen LogP contribution in [0.3, 0.4) is 0 Å². The van der Waals surface area contributed by atoms with Crippen molar-refractivity contribution in [1.82, 2.24) is 14.8 Å². The molecule has 168 valence electrons. The maximum absolute atomic E-state index is 12.4. The lowest BCUT2D eigenvalue weighted by molar-refractivity contribution is -0.116. The molecule has 0 unspecified atom stereocenters. The first kappa shape index (κ1) is 24.6. The van der Waals surface area contributed by atoms with Gasteiger partial charge in [0.25, 0.3) is 0 Å². The first-order valence-electron chi connectivity index (χ1n) is 9.62. The molecule has 0 radical (unpaired) electrons.